The van der Waals surface area contributed by atoms with Gasteiger partial charge in [-0.1, -0.05) is 23.9 Å². The summed E-state index contributed by atoms with van der Waals surface area (Å²) < 4.78 is 0. The van der Waals surface area contributed by atoms with Crippen LogP contribution in [-0.4, -0.2) is 27.9 Å². The van der Waals surface area contributed by atoms with E-state index in [0.717, 1.165) is 22.1 Å². The first-order valence-corrected chi connectivity index (χ1v) is 7.50. The molecule has 0 bridgehead atoms. The van der Waals surface area contributed by atoms with E-state index in [0.29, 0.717) is 11.1 Å². The lowest BCUT2D eigenvalue weighted by Crippen LogP contribution is -2.18. The molecule has 2 heterocycles. The van der Waals surface area contributed by atoms with Gasteiger partial charge in [-0.15, -0.1) is 0 Å². The van der Waals surface area contributed by atoms with Crippen LogP contribution in [0.4, 0.5) is 0 Å². The number of hydrogen-bond acceptors (Lipinski definition) is 4. The summed E-state index contributed by atoms with van der Waals surface area (Å²) in [5.74, 6) is 0.601. The normalized spacial score (nSPS) is 10.7. The Balaban J connectivity index is 1.86. The summed E-state index contributed by atoms with van der Waals surface area (Å²) >= 11 is 1.57. The number of rotatable bonds is 4. The van der Waals surface area contributed by atoms with Gasteiger partial charge in [0.1, 0.15) is 5.52 Å². The topological polar surface area (TPSA) is 70.7 Å². The van der Waals surface area contributed by atoms with E-state index in [9.17, 15) is 4.79 Å². The van der Waals surface area contributed by atoms with Gasteiger partial charge in [0.2, 0.25) is 0 Å². The number of hydrogen-bond donors (Lipinski definition) is 2. The summed E-state index contributed by atoms with van der Waals surface area (Å²) in [5.41, 5.74) is 3.13. The predicted octanol–water partition coefficient (Wildman–Crippen LogP) is 2.61. The van der Waals surface area contributed by atoms with Gasteiger partial charge in [0.05, 0.1) is 16.8 Å². The minimum atomic E-state index is -0.131. The van der Waals surface area contributed by atoms with Gasteiger partial charge in [-0.3, -0.25) is 9.78 Å². The van der Waals surface area contributed by atoms with E-state index < -0.39 is 0 Å². The highest BCUT2D eigenvalue weighted by molar-refractivity contribution is 7.98. The molecule has 6 heteroatoms. The largest absolute Gasteiger partial charge is 0.355 e. The minimum Gasteiger partial charge on any atom is -0.355 e. The first-order valence-electron chi connectivity index (χ1n) is 6.51. The highest BCUT2D eigenvalue weighted by atomic mass is 32.2. The molecule has 0 radical (unpaired) electrons. The van der Waals surface area contributed by atoms with E-state index in [1.807, 2.05) is 30.3 Å². The van der Waals surface area contributed by atoms with Crippen molar-refractivity contribution in [1.82, 2.24) is 20.3 Å². The summed E-state index contributed by atoms with van der Waals surface area (Å²) in [4.78, 5) is 23.9. The number of nitrogens with zero attached hydrogens (tertiary/aromatic N) is 2. The first kappa shape index (κ1) is 13.6. The van der Waals surface area contributed by atoms with E-state index in [4.69, 9.17) is 0 Å². The molecule has 0 fully saturated rings. The standard InChI is InChI=1S/C15H14N4OS/c1-16-14(20)11-6-4-7-12-13(11)19-15(18-12)21-9-10-5-2-3-8-17-10/h2-8H,9H2,1H3,(H,16,20)(H,18,19). The van der Waals surface area contributed by atoms with Gasteiger partial charge in [-0.05, 0) is 24.3 Å². The molecular formula is C15H14N4OS. The number of H-pyrrole nitrogens is 1. The molecule has 3 aromatic rings. The van der Waals surface area contributed by atoms with Crippen molar-refractivity contribution in [3.05, 3.63) is 53.9 Å². The molecule has 3 rings (SSSR count). The van der Waals surface area contributed by atoms with Gasteiger partial charge >= 0.3 is 0 Å². The van der Waals surface area contributed by atoms with Crippen molar-refractivity contribution in [2.24, 2.45) is 0 Å². The highest BCUT2D eigenvalue weighted by Gasteiger charge is 2.12. The Morgan fingerprint density at radius 1 is 1.29 bits per heavy atom. The average Bonchev–Trinajstić information content (AvgIpc) is 2.96. The number of carbonyl (C=O) groups is 1. The molecule has 0 atom stereocenters. The lowest BCUT2D eigenvalue weighted by molar-refractivity contribution is 0.0964. The van der Waals surface area contributed by atoms with Crippen molar-refractivity contribution in [2.45, 2.75) is 10.9 Å². The summed E-state index contributed by atoms with van der Waals surface area (Å²) in [7, 11) is 1.62. The van der Waals surface area contributed by atoms with Crippen LogP contribution < -0.4 is 5.32 Å². The number of carbonyl (C=O) groups excluding carboxylic acids is 1. The van der Waals surface area contributed by atoms with Crippen molar-refractivity contribution in [3.8, 4) is 0 Å². The Bertz CT molecular complexity index is 770. The molecule has 0 aliphatic carbocycles. The van der Waals surface area contributed by atoms with Crippen molar-refractivity contribution >= 4 is 28.7 Å². The quantitative estimate of drug-likeness (QED) is 0.726. The van der Waals surface area contributed by atoms with Crippen molar-refractivity contribution in [3.63, 3.8) is 0 Å². The lowest BCUT2D eigenvalue weighted by atomic mass is 10.2. The summed E-state index contributed by atoms with van der Waals surface area (Å²) in [6, 6.07) is 11.4. The second kappa shape index (κ2) is 5.97. The van der Waals surface area contributed by atoms with Crippen molar-refractivity contribution in [2.75, 3.05) is 7.05 Å². The Kier molecular flexibility index (Phi) is 3.87. The van der Waals surface area contributed by atoms with E-state index in [1.165, 1.54) is 0 Å². The molecule has 1 amide bonds. The second-order valence-corrected chi connectivity index (χ2v) is 5.40. The number of fused-ring (bicyclic) bond motifs is 1. The molecule has 0 unspecified atom stereocenters. The smallest absolute Gasteiger partial charge is 0.253 e. The van der Waals surface area contributed by atoms with E-state index in [2.05, 4.69) is 20.3 Å². The van der Waals surface area contributed by atoms with Gasteiger partial charge in [-0.25, -0.2) is 4.98 Å². The molecule has 0 saturated heterocycles. The number of benzene rings is 1. The fourth-order valence-corrected chi connectivity index (χ4v) is 2.81. The lowest BCUT2D eigenvalue weighted by Gasteiger charge is -1.99. The van der Waals surface area contributed by atoms with Crippen molar-refractivity contribution < 1.29 is 4.79 Å². The maximum absolute atomic E-state index is 11.8. The zero-order chi connectivity index (χ0) is 14.7. The molecule has 1 aromatic carbocycles. The molecule has 5 nitrogen and oxygen atoms in total. The number of pyridine rings is 1. The number of aromatic amines is 1. The van der Waals surface area contributed by atoms with Crippen molar-refractivity contribution in [1.29, 1.82) is 0 Å². The Morgan fingerprint density at radius 2 is 2.19 bits per heavy atom. The zero-order valence-electron chi connectivity index (χ0n) is 11.5. The third kappa shape index (κ3) is 2.90. The number of nitrogens with one attached hydrogen (secondary N) is 2. The Morgan fingerprint density at radius 3 is 2.95 bits per heavy atom. The second-order valence-electron chi connectivity index (χ2n) is 4.43. The Hall–Kier alpha value is -2.34. The van der Waals surface area contributed by atoms with E-state index in [1.54, 1.807) is 31.1 Å². The van der Waals surface area contributed by atoms with Crippen LogP contribution in [0.25, 0.3) is 11.0 Å². The van der Waals surface area contributed by atoms with E-state index in [-0.39, 0.29) is 5.91 Å². The first-order chi connectivity index (χ1) is 10.3. The summed E-state index contributed by atoms with van der Waals surface area (Å²) in [6.45, 7) is 0. The summed E-state index contributed by atoms with van der Waals surface area (Å²) in [6.07, 6.45) is 1.78. The maximum Gasteiger partial charge on any atom is 0.253 e. The molecule has 0 aliphatic heterocycles. The molecule has 2 N–H and O–H groups in total. The number of para-hydroxylation sites is 1. The molecule has 2 aromatic heterocycles. The van der Waals surface area contributed by atoms with Crippen LogP contribution >= 0.6 is 11.8 Å². The molecule has 106 valence electrons. The molecule has 21 heavy (non-hydrogen) atoms. The molecular weight excluding hydrogens is 284 g/mol. The minimum absolute atomic E-state index is 0.131. The number of aromatic nitrogens is 3. The monoisotopic (exact) mass is 298 g/mol. The van der Waals surface area contributed by atoms with Crippen LogP contribution in [0.15, 0.2) is 47.8 Å². The number of imidazole rings is 1. The fourth-order valence-electron chi connectivity index (χ4n) is 2.02. The number of thioether (sulfide) groups is 1. The van der Waals surface area contributed by atoms with Crippen LogP contribution in [0.1, 0.15) is 16.1 Å². The van der Waals surface area contributed by atoms with Crippen LogP contribution in [0.3, 0.4) is 0 Å². The highest BCUT2D eigenvalue weighted by Crippen LogP contribution is 2.24. The molecule has 0 spiro atoms. The Labute approximate surface area is 126 Å². The van der Waals surface area contributed by atoms with Gasteiger partial charge in [0, 0.05) is 19.0 Å². The van der Waals surface area contributed by atoms with Gasteiger partial charge in [0.25, 0.3) is 5.91 Å². The zero-order valence-corrected chi connectivity index (χ0v) is 12.3. The SMILES string of the molecule is CNC(=O)c1cccc2[nH]c(SCc3ccccn3)nc12. The van der Waals surface area contributed by atoms with Gasteiger partial charge in [-0.2, -0.15) is 0 Å². The van der Waals surface area contributed by atoms with Crippen LogP contribution in [0, 0.1) is 0 Å². The fraction of sp³-hybridized carbons (Fsp3) is 0.133. The van der Waals surface area contributed by atoms with Gasteiger partial charge < -0.3 is 10.3 Å². The van der Waals surface area contributed by atoms with E-state index >= 15 is 0 Å². The molecule has 0 aliphatic rings. The molecule has 0 saturated carbocycles. The van der Waals surface area contributed by atoms with Crippen LogP contribution in [-0.2, 0) is 5.75 Å². The predicted molar refractivity (Wildman–Crippen MR) is 83.3 cm³/mol. The number of amides is 1. The third-order valence-electron chi connectivity index (χ3n) is 3.05. The van der Waals surface area contributed by atoms with Crippen LogP contribution in [0.2, 0.25) is 0 Å². The third-order valence-corrected chi connectivity index (χ3v) is 3.95. The average molecular weight is 298 g/mol. The van der Waals surface area contributed by atoms with Gasteiger partial charge in [0.15, 0.2) is 5.16 Å². The maximum atomic E-state index is 11.8. The van der Waals surface area contributed by atoms with Crippen LogP contribution in [0.5, 0.6) is 0 Å². The summed E-state index contributed by atoms with van der Waals surface area (Å²) in [5, 5.41) is 3.42.